The highest BCUT2D eigenvalue weighted by molar-refractivity contribution is 5.73. The SMILES string of the molecule is Nc1cn[nH]c1-c1ccc(N2CCOCC2)cc1. The van der Waals surface area contributed by atoms with Crippen LogP contribution in [0.4, 0.5) is 11.4 Å². The summed E-state index contributed by atoms with van der Waals surface area (Å²) in [5.41, 5.74) is 9.67. The van der Waals surface area contributed by atoms with E-state index in [2.05, 4.69) is 39.4 Å². The number of hydrogen-bond donors (Lipinski definition) is 2. The molecule has 3 N–H and O–H groups in total. The Morgan fingerprint density at radius 2 is 1.89 bits per heavy atom. The molecule has 1 fully saturated rings. The summed E-state index contributed by atoms with van der Waals surface area (Å²) in [6.07, 6.45) is 1.63. The maximum atomic E-state index is 5.83. The monoisotopic (exact) mass is 244 g/mol. The first-order valence-corrected chi connectivity index (χ1v) is 6.06. The number of nitrogens with two attached hydrogens (primary N) is 1. The van der Waals surface area contributed by atoms with E-state index >= 15 is 0 Å². The molecule has 0 radical (unpaired) electrons. The van der Waals surface area contributed by atoms with Crippen molar-refractivity contribution in [2.45, 2.75) is 0 Å². The minimum Gasteiger partial charge on any atom is -0.396 e. The van der Waals surface area contributed by atoms with Gasteiger partial charge in [0.25, 0.3) is 0 Å². The highest BCUT2D eigenvalue weighted by Gasteiger charge is 2.11. The Balaban J connectivity index is 1.82. The van der Waals surface area contributed by atoms with Crippen molar-refractivity contribution >= 4 is 11.4 Å². The zero-order valence-corrected chi connectivity index (χ0v) is 10.1. The summed E-state index contributed by atoms with van der Waals surface area (Å²) in [4.78, 5) is 2.32. The standard InChI is InChI=1S/C13H16N4O/c14-12-9-15-16-13(12)10-1-3-11(4-2-10)17-5-7-18-8-6-17/h1-4,9H,5-8,14H2,(H,15,16). The minimum absolute atomic E-state index is 0.675. The summed E-state index contributed by atoms with van der Waals surface area (Å²) in [6.45, 7) is 3.50. The van der Waals surface area contributed by atoms with Crippen LogP contribution in [0.25, 0.3) is 11.3 Å². The molecule has 0 bridgehead atoms. The normalized spacial score (nSPS) is 15.9. The van der Waals surface area contributed by atoms with Crippen LogP contribution in [0.3, 0.4) is 0 Å². The number of hydrogen-bond acceptors (Lipinski definition) is 4. The van der Waals surface area contributed by atoms with Crippen LogP contribution < -0.4 is 10.6 Å². The Morgan fingerprint density at radius 1 is 1.17 bits per heavy atom. The number of nitrogens with one attached hydrogen (secondary N) is 1. The number of morpholine rings is 1. The van der Waals surface area contributed by atoms with Gasteiger partial charge in [-0.05, 0) is 12.1 Å². The van der Waals surface area contributed by atoms with E-state index in [0.717, 1.165) is 37.6 Å². The van der Waals surface area contributed by atoms with Crippen molar-refractivity contribution in [2.24, 2.45) is 0 Å². The van der Waals surface area contributed by atoms with Crippen molar-refractivity contribution in [3.63, 3.8) is 0 Å². The van der Waals surface area contributed by atoms with E-state index in [4.69, 9.17) is 10.5 Å². The minimum atomic E-state index is 0.675. The lowest BCUT2D eigenvalue weighted by atomic mass is 10.1. The van der Waals surface area contributed by atoms with E-state index in [1.807, 2.05) is 0 Å². The second-order valence-corrected chi connectivity index (χ2v) is 4.35. The van der Waals surface area contributed by atoms with Crippen LogP contribution in [0.1, 0.15) is 0 Å². The number of rotatable bonds is 2. The van der Waals surface area contributed by atoms with Gasteiger partial charge in [0.15, 0.2) is 0 Å². The molecule has 0 atom stereocenters. The summed E-state index contributed by atoms with van der Waals surface area (Å²) >= 11 is 0. The van der Waals surface area contributed by atoms with E-state index < -0.39 is 0 Å². The number of aromatic amines is 1. The van der Waals surface area contributed by atoms with Gasteiger partial charge in [0.2, 0.25) is 0 Å². The molecule has 1 aromatic carbocycles. The maximum absolute atomic E-state index is 5.83. The Labute approximate surface area is 106 Å². The number of ether oxygens (including phenoxy) is 1. The number of benzene rings is 1. The topological polar surface area (TPSA) is 67.2 Å². The van der Waals surface area contributed by atoms with Gasteiger partial charge in [0.05, 0.1) is 30.8 Å². The molecular weight excluding hydrogens is 228 g/mol. The van der Waals surface area contributed by atoms with E-state index in [1.165, 1.54) is 5.69 Å². The van der Waals surface area contributed by atoms with Crippen molar-refractivity contribution in [1.29, 1.82) is 0 Å². The number of aromatic nitrogens is 2. The van der Waals surface area contributed by atoms with Gasteiger partial charge in [0.1, 0.15) is 0 Å². The number of nitrogens with zero attached hydrogens (tertiary/aromatic N) is 2. The number of nitrogen functional groups attached to an aromatic ring is 1. The molecular formula is C13H16N4O. The predicted molar refractivity (Wildman–Crippen MR) is 71.5 cm³/mol. The average Bonchev–Trinajstić information content (AvgIpc) is 2.86. The molecule has 18 heavy (non-hydrogen) atoms. The lowest BCUT2D eigenvalue weighted by Gasteiger charge is -2.28. The van der Waals surface area contributed by atoms with Gasteiger partial charge in [-0.1, -0.05) is 12.1 Å². The molecule has 1 aliphatic heterocycles. The van der Waals surface area contributed by atoms with Crippen LogP contribution in [0.2, 0.25) is 0 Å². The molecule has 0 saturated carbocycles. The van der Waals surface area contributed by atoms with Gasteiger partial charge < -0.3 is 15.4 Å². The molecule has 94 valence electrons. The molecule has 1 saturated heterocycles. The quantitative estimate of drug-likeness (QED) is 0.840. The largest absolute Gasteiger partial charge is 0.396 e. The van der Waals surface area contributed by atoms with Crippen LogP contribution in [0.15, 0.2) is 30.5 Å². The fraction of sp³-hybridized carbons (Fsp3) is 0.308. The first kappa shape index (κ1) is 11.1. The summed E-state index contributed by atoms with van der Waals surface area (Å²) in [6, 6.07) is 8.35. The zero-order valence-electron chi connectivity index (χ0n) is 10.1. The summed E-state index contributed by atoms with van der Waals surface area (Å²) in [5.74, 6) is 0. The van der Waals surface area contributed by atoms with Crippen LogP contribution in [0.5, 0.6) is 0 Å². The van der Waals surface area contributed by atoms with Gasteiger partial charge in [-0.2, -0.15) is 5.10 Å². The third-order valence-electron chi connectivity index (χ3n) is 3.20. The second kappa shape index (κ2) is 4.70. The molecule has 2 heterocycles. The van der Waals surface area contributed by atoms with Crippen molar-refractivity contribution in [3.05, 3.63) is 30.5 Å². The molecule has 0 unspecified atom stereocenters. The molecule has 0 aliphatic carbocycles. The van der Waals surface area contributed by atoms with Crippen LogP contribution in [0, 0.1) is 0 Å². The molecule has 5 nitrogen and oxygen atoms in total. The van der Waals surface area contributed by atoms with Crippen molar-refractivity contribution < 1.29 is 4.74 Å². The number of anilines is 2. The summed E-state index contributed by atoms with van der Waals surface area (Å²) in [5, 5.41) is 6.85. The van der Waals surface area contributed by atoms with E-state index in [0.29, 0.717) is 5.69 Å². The molecule has 3 rings (SSSR count). The third-order valence-corrected chi connectivity index (χ3v) is 3.20. The summed E-state index contributed by atoms with van der Waals surface area (Å²) in [7, 11) is 0. The Kier molecular flexibility index (Phi) is 2.90. The maximum Gasteiger partial charge on any atom is 0.0879 e. The molecule has 1 aliphatic rings. The molecule has 0 amide bonds. The van der Waals surface area contributed by atoms with Gasteiger partial charge in [-0.25, -0.2) is 0 Å². The van der Waals surface area contributed by atoms with Crippen LogP contribution in [-0.2, 0) is 4.74 Å². The highest BCUT2D eigenvalue weighted by Crippen LogP contribution is 2.25. The summed E-state index contributed by atoms with van der Waals surface area (Å²) < 4.78 is 5.35. The highest BCUT2D eigenvalue weighted by atomic mass is 16.5. The molecule has 2 aromatic rings. The zero-order chi connectivity index (χ0) is 12.4. The van der Waals surface area contributed by atoms with E-state index in [9.17, 15) is 0 Å². The van der Waals surface area contributed by atoms with Gasteiger partial charge in [-0.15, -0.1) is 0 Å². The van der Waals surface area contributed by atoms with Crippen LogP contribution >= 0.6 is 0 Å². The second-order valence-electron chi connectivity index (χ2n) is 4.35. The van der Waals surface area contributed by atoms with Crippen LogP contribution in [-0.4, -0.2) is 36.5 Å². The Hall–Kier alpha value is -2.01. The fourth-order valence-corrected chi connectivity index (χ4v) is 2.19. The van der Waals surface area contributed by atoms with Gasteiger partial charge in [0, 0.05) is 24.3 Å². The van der Waals surface area contributed by atoms with E-state index in [1.54, 1.807) is 6.20 Å². The smallest absolute Gasteiger partial charge is 0.0879 e. The van der Waals surface area contributed by atoms with Crippen molar-refractivity contribution in [2.75, 3.05) is 36.9 Å². The fourth-order valence-electron chi connectivity index (χ4n) is 2.19. The Morgan fingerprint density at radius 3 is 2.50 bits per heavy atom. The Bertz CT molecular complexity index is 514. The predicted octanol–water partition coefficient (Wildman–Crippen LogP) is 1.50. The first-order valence-electron chi connectivity index (χ1n) is 6.06. The number of H-pyrrole nitrogens is 1. The lowest BCUT2D eigenvalue weighted by Crippen LogP contribution is -2.36. The third kappa shape index (κ3) is 2.04. The molecule has 1 aromatic heterocycles. The van der Waals surface area contributed by atoms with E-state index in [-0.39, 0.29) is 0 Å². The van der Waals surface area contributed by atoms with Crippen molar-refractivity contribution in [1.82, 2.24) is 10.2 Å². The lowest BCUT2D eigenvalue weighted by molar-refractivity contribution is 0.122. The average molecular weight is 244 g/mol. The first-order chi connectivity index (χ1) is 8.84. The van der Waals surface area contributed by atoms with Crippen molar-refractivity contribution in [3.8, 4) is 11.3 Å². The molecule has 5 heteroatoms. The van der Waals surface area contributed by atoms with Gasteiger partial charge in [-0.3, -0.25) is 5.10 Å². The van der Waals surface area contributed by atoms with Gasteiger partial charge >= 0.3 is 0 Å². The molecule has 0 spiro atoms.